The lowest BCUT2D eigenvalue weighted by atomic mass is 10.1. The van der Waals surface area contributed by atoms with Crippen LogP contribution in [0.2, 0.25) is 0 Å². The van der Waals surface area contributed by atoms with Crippen molar-refractivity contribution in [3.8, 4) is 17.2 Å². The van der Waals surface area contributed by atoms with Crippen molar-refractivity contribution in [2.75, 3.05) is 32.0 Å². The number of para-hydroxylation sites is 1. The summed E-state index contributed by atoms with van der Waals surface area (Å²) in [5, 5.41) is -0.316. The standard InChI is InChI=1S/C20H20N2O5S/c1-25-15-9-12(10-16(26-2)17(15)27-3)19-22-14(11-28-19)18(23)21(20(22)24)13-7-5-4-6-8-13/h4-10,14,19H,11H2,1-3H3/t14-,19+/m0/s1. The van der Waals surface area contributed by atoms with E-state index >= 15 is 0 Å². The van der Waals surface area contributed by atoms with Crippen LogP contribution in [0.1, 0.15) is 10.9 Å². The highest BCUT2D eigenvalue weighted by molar-refractivity contribution is 7.99. The van der Waals surface area contributed by atoms with Gasteiger partial charge in [-0.1, -0.05) is 18.2 Å². The van der Waals surface area contributed by atoms with Gasteiger partial charge in [0.2, 0.25) is 5.75 Å². The molecular weight excluding hydrogens is 380 g/mol. The van der Waals surface area contributed by atoms with Gasteiger partial charge in [-0.15, -0.1) is 11.8 Å². The second kappa shape index (κ2) is 7.27. The Labute approximate surface area is 167 Å². The van der Waals surface area contributed by atoms with E-state index in [0.717, 1.165) is 5.56 Å². The molecule has 2 fully saturated rings. The maximum absolute atomic E-state index is 13.1. The van der Waals surface area contributed by atoms with Gasteiger partial charge in [0.05, 0.1) is 27.0 Å². The Balaban J connectivity index is 1.72. The molecule has 0 radical (unpaired) electrons. The molecule has 0 unspecified atom stereocenters. The molecule has 4 rings (SSSR count). The van der Waals surface area contributed by atoms with Gasteiger partial charge < -0.3 is 14.2 Å². The van der Waals surface area contributed by atoms with Gasteiger partial charge in [0, 0.05) is 5.75 Å². The van der Waals surface area contributed by atoms with Crippen LogP contribution in [-0.2, 0) is 4.79 Å². The van der Waals surface area contributed by atoms with Gasteiger partial charge in [-0.25, -0.2) is 9.69 Å². The smallest absolute Gasteiger partial charge is 0.333 e. The lowest BCUT2D eigenvalue weighted by Gasteiger charge is -2.24. The fraction of sp³-hybridized carbons (Fsp3) is 0.300. The normalized spacial score (nSPS) is 21.1. The summed E-state index contributed by atoms with van der Waals surface area (Å²) in [4.78, 5) is 28.9. The summed E-state index contributed by atoms with van der Waals surface area (Å²) in [6.45, 7) is 0. The molecule has 0 saturated carbocycles. The first-order valence-corrected chi connectivity index (χ1v) is 9.78. The van der Waals surface area contributed by atoms with Gasteiger partial charge in [0.1, 0.15) is 11.4 Å². The van der Waals surface area contributed by atoms with Crippen LogP contribution in [-0.4, -0.2) is 50.0 Å². The first kappa shape index (κ1) is 18.5. The lowest BCUT2D eigenvalue weighted by Crippen LogP contribution is -2.33. The number of benzene rings is 2. The molecule has 2 aromatic carbocycles. The molecule has 0 aromatic heterocycles. The van der Waals surface area contributed by atoms with Crippen molar-refractivity contribution in [2.24, 2.45) is 0 Å². The highest BCUT2D eigenvalue weighted by Crippen LogP contribution is 2.49. The number of ether oxygens (including phenoxy) is 3. The van der Waals surface area contributed by atoms with Gasteiger partial charge in [-0.05, 0) is 29.8 Å². The number of amides is 3. The van der Waals surface area contributed by atoms with Crippen molar-refractivity contribution in [3.63, 3.8) is 0 Å². The van der Waals surface area contributed by atoms with E-state index in [1.54, 1.807) is 50.1 Å². The van der Waals surface area contributed by atoms with Gasteiger partial charge in [-0.3, -0.25) is 9.69 Å². The predicted octanol–water partition coefficient (Wildman–Crippen LogP) is 3.30. The zero-order valence-corrected chi connectivity index (χ0v) is 16.6. The number of carbonyl (C=O) groups is 2. The molecule has 3 amide bonds. The molecule has 7 nitrogen and oxygen atoms in total. The number of thioether (sulfide) groups is 1. The van der Waals surface area contributed by atoms with Gasteiger partial charge in [0.15, 0.2) is 11.5 Å². The number of hydrogen-bond acceptors (Lipinski definition) is 6. The van der Waals surface area contributed by atoms with Crippen LogP contribution < -0.4 is 19.1 Å². The Morgan fingerprint density at radius 2 is 1.61 bits per heavy atom. The molecule has 0 spiro atoms. The van der Waals surface area contributed by atoms with E-state index in [0.29, 0.717) is 28.7 Å². The topological polar surface area (TPSA) is 68.3 Å². The van der Waals surface area contributed by atoms with E-state index < -0.39 is 6.04 Å². The molecule has 2 aliphatic rings. The number of urea groups is 1. The maximum atomic E-state index is 13.1. The average Bonchev–Trinajstić information content (AvgIpc) is 3.27. The van der Waals surface area contributed by atoms with Crippen LogP contribution >= 0.6 is 11.8 Å². The molecule has 146 valence electrons. The molecular formula is C20H20N2O5S. The number of nitrogens with zero attached hydrogens (tertiary/aromatic N) is 2. The second-order valence-corrected chi connectivity index (χ2v) is 7.47. The zero-order valence-electron chi connectivity index (χ0n) is 15.7. The highest BCUT2D eigenvalue weighted by atomic mass is 32.2. The summed E-state index contributed by atoms with van der Waals surface area (Å²) in [6.07, 6.45) is 0. The summed E-state index contributed by atoms with van der Waals surface area (Å²) in [5.41, 5.74) is 1.40. The third-order valence-electron chi connectivity index (χ3n) is 4.90. The van der Waals surface area contributed by atoms with E-state index in [2.05, 4.69) is 0 Å². The summed E-state index contributed by atoms with van der Waals surface area (Å²) < 4.78 is 16.2. The van der Waals surface area contributed by atoms with E-state index in [4.69, 9.17) is 14.2 Å². The fourth-order valence-corrected chi connectivity index (χ4v) is 5.00. The predicted molar refractivity (Wildman–Crippen MR) is 106 cm³/mol. The van der Waals surface area contributed by atoms with Crippen molar-refractivity contribution >= 4 is 29.4 Å². The molecule has 2 atom stereocenters. The molecule has 8 heteroatoms. The number of fused-ring (bicyclic) bond motifs is 1. The second-order valence-electron chi connectivity index (χ2n) is 6.36. The number of carbonyl (C=O) groups excluding carboxylic acids is 2. The molecule has 28 heavy (non-hydrogen) atoms. The Morgan fingerprint density at radius 1 is 0.964 bits per heavy atom. The van der Waals surface area contributed by atoms with E-state index in [1.165, 1.54) is 4.90 Å². The summed E-state index contributed by atoms with van der Waals surface area (Å²) in [5.74, 6) is 1.86. The maximum Gasteiger partial charge on any atom is 0.333 e. The number of anilines is 1. The summed E-state index contributed by atoms with van der Waals surface area (Å²) in [6, 6.07) is 11.8. The van der Waals surface area contributed by atoms with Crippen molar-refractivity contribution in [3.05, 3.63) is 48.0 Å². The lowest BCUT2D eigenvalue weighted by molar-refractivity contribution is -0.119. The van der Waals surface area contributed by atoms with E-state index in [-0.39, 0.29) is 17.3 Å². The molecule has 2 heterocycles. The van der Waals surface area contributed by atoms with Crippen LogP contribution in [0.3, 0.4) is 0 Å². The first-order valence-electron chi connectivity index (χ1n) is 8.73. The minimum atomic E-state index is -0.484. The SMILES string of the molecule is COc1cc([C@H]2SC[C@H]3C(=O)N(c4ccccc4)C(=O)N23)cc(OC)c1OC. The quantitative estimate of drug-likeness (QED) is 0.718. The molecule has 2 aromatic rings. The van der Waals surface area contributed by atoms with Crippen molar-refractivity contribution in [1.29, 1.82) is 0 Å². The van der Waals surface area contributed by atoms with Crippen LogP contribution in [0.25, 0.3) is 0 Å². The van der Waals surface area contributed by atoms with Gasteiger partial charge in [-0.2, -0.15) is 0 Å². The molecule has 0 bridgehead atoms. The Kier molecular flexibility index (Phi) is 4.80. The number of hydrogen-bond donors (Lipinski definition) is 0. The van der Waals surface area contributed by atoms with E-state index in [9.17, 15) is 9.59 Å². The number of rotatable bonds is 5. The van der Waals surface area contributed by atoms with Crippen molar-refractivity contribution in [1.82, 2.24) is 4.90 Å². The van der Waals surface area contributed by atoms with Crippen molar-refractivity contribution < 1.29 is 23.8 Å². The molecule has 0 aliphatic carbocycles. The van der Waals surface area contributed by atoms with Crippen LogP contribution in [0.15, 0.2) is 42.5 Å². The van der Waals surface area contributed by atoms with Gasteiger partial charge >= 0.3 is 6.03 Å². The molecule has 2 aliphatic heterocycles. The monoisotopic (exact) mass is 400 g/mol. The Bertz CT molecular complexity index is 895. The van der Waals surface area contributed by atoms with Gasteiger partial charge in [0.25, 0.3) is 5.91 Å². The van der Waals surface area contributed by atoms with Crippen LogP contribution in [0.4, 0.5) is 10.5 Å². The number of methoxy groups -OCH3 is 3. The average molecular weight is 400 g/mol. The number of imide groups is 1. The minimum Gasteiger partial charge on any atom is -0.493 e. The zero-order chi connectivity index (χ0) is 19.8. The Hall–Kier alpha value is -2.87. The van der Waals surface area contributed by atoms with Crippen LogP contribution in [0.5, 0.6) is 17.2 Å². The summed E-state index contributed by atoms with van der Waals surface area (Å²) >= 11 is 1.55. The third-order valence-corrected chi connectivity index (χ3v) is 6.23. The van der Waals surface area contributed by atoms with E-state index in [1.807, 2.05) is 30.3 Å². The fourth-order valence-electron chi connectivity index (χ4n) is 3.60. The Morgan fingerprint density at radius 3 is 2.18 bits per heavy atom. The highest BCUT2D eigenvalue weighted by Gasteiger charge is 2.53. The first-order chi connectivity index (χ1) is 13.6. The summed E-state index contributed by atoms with van der Waals surface area (Å²) in [7, 11) is 4.64. The van der Waals surface area contributed by atoms with Crippen molar-refractivity contribution in [2.45, 2.75) is 11.4 Å². The third kappa shape index (κ3) is 2.75. The largest absolute Gasteiger partial charge is 0.493 e. The van der Waals surface area contributed by atoms with Crippen LogP contribution in [0, 0.1) is 0 Å². The molecule has 0 N–H and O–H groups in total. The minimum absolute atomic E-state index is 0.196. The molecule has 2 saturated heterocycles.